The number of carbonyl (C=O) groups is 1. The first-order chi connectivity index (χ1) is 14.0. The van der Waals surface area contributed by atoms with Crippen LogP contribution in [0.2, 0.25) is 0 Å². The SMILES string of the molecule is Cc1sc2nc(SCC(=O)N3CCC(C)CC3)n(-c3ccccc3)c(=O)c2c1C. The number of aromatic nitrogens is 2. The molecule has 1 aromatic carbocycles. The van der Waals surface area contributed by atoms with E-state index in [1.54, 1.807) is 15.9 Å². The average molecular weight is 428 g/mol. The fourth-order valence-electron chi connectivity index (χ4n) is 3.65. The van der Waals surface area contributed by atoms with Gasteiger partial charge in [0.15, 0.2) is 5.16 Å². The van der Waals surface area contributed by atoms with Crippen molar-refractivity contribution in [2.24, 2.45) is 5.92 Å². The van der Waals surface area contributed by atoms with E-state index in [9.17, 15) is 9.59 Å². The van der Waals surface area contributed by atoms with Gasteiger partial charge < -0.3 is 4.90 Å². The van der Waals surface area contributed by atoms with Crippen molar-refractivity contribution in [3.8, 4) is 5.69 Å². The topological polar surface area (TPSA) is 55.2 Å². The lowest BCUT2D eigenvalue weighted by atomic mass is 9.99. The smallest absolute Gasteiger partial charge is 0.267 e. The number of rotatable bonds is 4. The van der Waals surface area contributed by atoms with Crippen LogP contribution in [0.25, 0.3) is 15.9 Å². The molecule has 1 fully saturated rings. The number of piperidine rings is 1. The number of thiophene rings is 1. The van der Waals surface area contributed by atoms with Crippen molar-refractivity contribution >= 4 is 39.2 Å². The Morgan fingerprint density at radius 2 is 1.90 bits per heavy atom. The lowest BCUT2D eigenvalue weighted by Crippen LogP contribution is -2.39. The first kappa shape index (κ1) is 20.2. The summed E-state index contributed by atoms with van der Waals surface area (Å²) in [7, 11) is 0. The highest BCUT2D eigenvalue weighted by Crippen LogP contribution is 2.30. The number of hydrogen-bond donors (Lipinski definition) is 0. The summed E-state index contributed by atoms with van der Waals surface area (Å²) < 4.78 is 1.65. The highest BCUT2D eigenvalue weighted by atomic mass is 32.2. The van der Waals surface area contributed by atoms with Crippen molar-refractivity contribution in [3.63, 3.8) is 0 Å². The van der Waals surface area contributed by atoms with E-state index in [2.05, 4.69) is 6.92 Å². The van der Waals surface area contributed by atoms with E-state index in [1.807, 2.05) is 49.1 Å². The van der Waals surface area contributed by atoms with Gasteiger partial charge in [-0.3, -0.25) is 14.2 Å². The molecule has 1 amide bonds. The average Bonchev–Trinajstić information content (AvgIpc) is 3.01. The maximum atomic E-state index is 13.4. The summed E-state index contributed by atoms with van der Waals surface area (Å²) in [4.78, 5) is 34.7. The quantitative estimate of drug-likeness (QED) is 0.457. The summed E-state index contributed by atoms with van der Waals surface area (Å²) in [5.41, 5.74) is 1.70. The van der Waals surface area contributed by atoms with Crippen molar-refractivity contribution in [3.05, 3.63) is 51.1 Å². The van der Waals surface area contributed by atoms with Crippen molar-refractivity contribution in [1.29, 1.82) is 0 Å². The molecule has 0 radical (unpaired) electrons. The summed E-state index contributed by atoms with van der Waals surface area (Å²) in [6, 6.07) is 9.55. The van der Waals surface area contributed by atoms with E-state index in [1.165, 1.54) is 11.8 Å². The summed E-state index contributed by atoms with van der Waals surface area (Å²) in [5, 5.41) is 1.26. The standard InChI is InChI=1S/C22H25N3O2S2/c1-14-9-11-24(12-10-14)18(26)13-28-22-23-20-19(15(2)16(3)29-20)21(27)25(22)17-7-5-4-6-8-17/h4-8,14H,9-13H2,1-3H3. The second-order valence-electron chi connectivity index (χ2n) is 7.69. The van der Waals surface area contributed by atoms with Gasteiger partial charge in [0, 0.05) is 18.0 Å². The van der Waals surface area contributed by atoms with Gasteiger partial charge in [0.05, 0.1) is 16.8 Å². The predicted molar refractivity (Wildman–Crippen MR) is 120 cm³/mol. The molecule has 152 valence electrons. The second kappa shape index (κ2) is 8.32. The molecule has 2 aromatic heterocycles. The van der Waals surface area contributed by atoms with Crippen molar-refractivity contribution in [2.75, 3.05) is 18.8 Å². The molecule has 3 heterocycles. The molecule has 1 saturated heterocycles. The van der Waals surface area contributed by atoms with E-state index in [0.717, 1.165) is 46.9 Å². The summed E-state index contributed by atoms with van der Waals surface area (Å²) in [6.45, 7) is 7.87. The van der Waals surface area contributed by atoms with Gasteiger partial charge in [-0.25, -0.2) is 4.98 Å². The molecule has 1 aliphatic rings. The number of hydrogen-bond acceptors (Lipinski definition) is 5. The number of amides is 1. The largest absolute Gasteiger partial charge is 0.342 e. The van der Waals surface area contributed by atoms with E-state index < -0.39 is 0 Å². The number of likely N-dealkylation sites (tertiary alicyclic amines) is 1. The zero-order chi connectivity index (χ0) is 20.5. The first-order valence-electron chi connectivity index (χ1n) is 9.94. The third-order valence-corrected chi connectivity index (χ3v) is 7.67. The van der Waals surface area contributed by atoms with Crippen LogP contribution in [0, 0.1) is 19.8 Å². The summed E-state index contributed by atoms with van der Waals surface area (Å²) >= 11 is 2.90. The van der Waals surface area contributed by atoms with E-state index >= 15 is 0 Å². The van der Waals surface area contributed by atoms with E-state index in [-0.39, 0.29) is 11.5 Å². The molecule has 0 bridgehead atoms. The predicted octanol–water partition coefficient (Wildman–Crippen LogP) is 4.41. The van der Waals surface area contributed by atoms with Crippen LogP contribution >= 0.6 is 23.1 Å². The number of benzene rings is 1. The fraction of sp³-hybridized carbons (Fsp3) is 0.409. The monoisotopic (exact) mass is 427 g/mol. The molecular formula is C22H25N3O2S2. The van der Waals surface area contributed by atoms with Gasteiger partial charge in [-0.15, -0.1) is 11.3 Å². The number of fused-ring (bicyclic) bond motifs is 1. The number of para-hydroxylation sites is 1. The Balaban J connectivity index is 1.69. The van der Waals surface area contributed by atoms with Crippen LogP contribution in [0.15, 0.2) is 40.3 Å². The van der Waals surface area contributed by atoms with Crippen LogP contribution in [0.5, 0.6) is 0 Å². The van der Waals surface area contributed by atoms with Gasteiger partial charge in [0.1, 0.15) is 4.83 Å². The third kappa shape index (κ3) is 3.98. The van der Waals surface area contributed by atoms with Crippen molar-refractivity contribution in [2.45, 2.75) is 38.8 Å². The molecule has 0 spiro atoms. The maximum absolute atomic E-state index is 13.4. The third-order valence-electron chi connectivity index (χ3n) is 5.65. The van der Waals surface area contributed by atoms with Crippen LogP contribution in [-0.4, -0.2) is 39.2 Å². The Morgan fingerprint density at radius 3 is 2.59 bits per heavy atom. The van der Waals surface area contributed by atoms with Gasteiger partial charge in [-0.05, 0) is 50.3 Å². The zero-order valence-corrected chi connectivity index (χ0v) is 18.6. The van der Waals surface area contributed by atoms with Crippen molar-refractivity contribution < 1.29 is 4.79 Å². The number of nitrogens with zero attached hydrogens (tertiary/aromatic N) is 3. The first-order valence-corrected chi connectivity index (χ1v) is 11.7. The van der Waals surface area contributed by atoms with Crippen LogP contribution in [0.1, 0.15) is 30.2 Å². The lowest BCUT2D eigenvalue weighted by molar-refractivity contribution is -0.129. The molecule has 0 atom stereocenters. The Labute approximate surface area is 178 Å². The minimum atomic E-state index is -0.0650. The summed E-state index contributed by atoms with van der Waals surface area (Å²) in [6.07, 6.45) is 2.12. The molecule has 29 heavy (non-hydrogen) atoms. The molecular weight excluding hydrogens is 402 g/mol. The maximum Gasteiger partial charge on any atom is 0.267 e. The molecule has 4 rings (SSSR count). The van der Waals surface area contributed by atoms with Gasteiger partial charge in [-0.1, -0.05) is 36.9 Å². The van der Waals surface area contributed by atoms with Gasteiger partial charge in [-0.2, -0.15) is 0 Å². The second-order valence-corrected chi connectivity index (χ2v) is 9.83. The van der Waals surface area contributed by atoms with Crippen LogP contribution in [0.4, 0.5) is 0 Å². The Bertz CT molecular complexity index is 1100. The highest BCUT2D eigenvalue weighted by Gasteiger charge is 2.22. The molecule has 1 aliphatic heterocycles. The molecule has 0 unspecified atom stereocenters. The minimum absolute atomic E-state index is 0.0650. The Kier molecular flexibility index (Phi) is 5.79. The van der Waals surface area contributed by atoms with Gasteiger partial charge in [0.2, 0.25) is 5.91 Å². The zero-order valence-electron chi connectivity index (χ0n) is 17.0. The molecule has 0 saturated carbocycles. The van der Waals surface area contributed by atoms with Crippen molar-refractivity contribution in [1.82, 2.24) is 14.5 Å². The number of aryl methyl sites for hydroxylation is 2. The number of carbonyl (C=O) groups excluding carboxylic acids is 1. The Hall–Kier alpha value is -2.12. The molecule has 0 aliphatic carbocycles. The highest BCUT2D eigenvalue weighted by molar-refractivity contribution is 7.99. The molecule has 0 N–H and O–H groups in total. The lowest BCUT2D eigenvalue weighted by Gasteiger charge is -2.30. The van der Waals surface area contributed by atoms with Gasteiger partial charge in [0.25, 0.3) is 5.56 Å². The molecule has 5 nitrogen and oxygen atoms in total. The van der Waals surface area contributed by atoms with Crippen LogP contribution in [-0.2, 0) is 4.79 Å². The van der Waals surface area contributed by atoms with Crippen LogP contribution < -0.4 is 5.56 Å². The summed E-state index contributed by atoms with van der Waals surface area (Å²) in [5.74, 6) is 1.10. The van der Waals surface area contributed by atoms with E-state index in [0.29, 0.717) is 22.2 Å². The number of thioether (sulfide) groups is 1. The fourth-order valence-corrected chi connectivity index (χ4v) is 5.64. The Morgan fingerprint density at radius 1 is 1.21 bits per heavy atom. The molecule has 7 heteroatoms. The van der Waals surface area contributed by atoms with Gasteiger partial charge >= 0.3 is 0 Å². The normalized spacial score (nSPS) is 15.2. The van der Waals surface area contributed by atoms with Crippen LogP contribution in [0.3, 0.4) is 0 Å². The minimum Gasteiger partial charge on any atom is -0.342 e. The van der Waals surface area contributed by atoms with E-state index in [4.69, 9.17) is 4.98 Å². The molecule has 3 aromatic rings.